The molecule has 0 aliphatic carbocycles. The summed E-state index contributed by atoms with van der Waals surface area (Å²) >= 11 is 0. The lowest BCUT2D eigenvalue weighted by atomic mass is 10.1. The van der Waals surface area contributed by atoms with Crippen LogP contribution in [0.1, 0.15) is 19.8 Å². The molecule has 0 spiro atoms. The SMILES string of the molecule is CC(=O)N(C)CCC1CCNC1. The van der Waals surface area contributed by atoms with Gasteiger partial charge in [0.05, 0.1) is 0 Å². The van der Waals surface area contributed by atoms with Gasteiger partial charge in [-0.2, -0.15) is 0 Å². The molecule has 1 aliphatic heterocycles. The average Bonchev–Trinajstić information content (AvgIpc) is 2.51. The van der Waals surface area contributed by atoms with Crippen molar-refractivity contribution in [3.8, 4) is 0 Å². The Hall–Kier alpha value is -0.570. The predicted octanol–water partition coefficient (Wildman–Crippen LogP) is 0.464. The second kappa shape index (κ2) is 4.45. The molecule has 1 atom stereocenters. The zero-order valence-corrected chi connectivity index (χ0v) is 7.97. The van der Waals surface area contributed by atoms with Crippen LogP contribution in [0.15, 0.2) is 0 Å². The lowest BCUT2D eigenvalue weighted by molar-refractivity contribution is -0.127. The van der Waals surface area contributed by atoms with Gasteiger partial charge < -0.3 is 10.2 Å². The Bertz CT molecular complexity index is 153. The van der Waals surface area contributed by atoms with E-state index >= 15 is 0 Å². The van der Waals surface area contributed by atoms with Gasteiger partial charge in [-0.25, -0.2) is 0 Å². The molecule has 70 valence electrons. The number of hydrogen-bond donors (Lipinski definition) is 1. The first-order valence-electron chi connectivity index (χ1n) is 4.62. The van der Waals surface area contributed by atoms with Gasteiger partial charge in [0.2, 0.25) is 5.91 Å². The number of rotatable bonds is 3. The van der Waals surface area contributed by atoms with E-state index in [-0.39, 0.29) is 5.91 Å². The van der Waals surface area contributed by atoms with Crippen molar-refractivity contribution >= 4 is 5.91 Å². The van der Waals surface area contributed by atoms with Gasteiger partial charge >= 0.3 is 0 Å². The zero-order valence-electron chi connectivity index (χ0n) is 7.97. The molecule has 1 aliphatic rings. The Morgan fingerprint density at radius 2 is 2.42 bits per heavy atom. The van der Waals surface area contributed by atoms with Gasteiger partial charge in [-0.15, -0.1) is 0 Å². The van der Waals surface area contributed by atoms with Gasteiger partial charge in [0.15, 0.2) is 0 Å². The fourth-order valence-corrected chi connectivity index (χ4v) is 1.49. The van der Waals surface area contributed by atoms with Crippen LogP contribution in [0.2, 0.25) is 0 Å². The third kappa shape index (κ3) is 2.81. The Kier molecular flexibility index (Phi) is 3.53. The molecule has 0 bridgehead atoms. The first-order chi connectivity index (χ1) is 5.70. The van der Waals surface area contributed by atoms with Crippen LogP contribution in [-0.2, 0) is 4.79 Å². The van der Waals surface area contributed by atoms with Crippen LogP contribution in [0.25, 0.3) is 0 Å². The van der Waals surface area contributed by atoms with Crippen LogP contribution < -0.4 is 5.32 Å². The van der Waals surface area contributed by atoms with E-state index in [0.717, 1.165) is 32.0 Å². The predicted molar refractivity (Wildman–Crippen MR) is 48.9 cm³/mol. The standard InChI is InChI=1S/C9H18N2O/c1-8(12)11(2)6-4-9-3-5-10-7-9/h9-10H,3-7H2,1-2H3. The van der Waals surface area contributed by atoms with Crippen molar-refractivity contribution < 1.29 is 4.79 Å². The van der Waals surface area contributed by atoms with Gasteiger partial charge in [0.25, 0.3) is 0 Å². The van der Waals surface area contributed by atoms with Crippen LogP contribution in [0, 0.1) is 5.92 Å². The van der Waals surface area contributed by atoms with E-state index in [1.54, 1.807) is 11.8 Å². The van der Waals surface area contributed by atoms with Gasteiger partial charge in [0.1, 0.15) is 0 Å². The third-order valence-electron chi connectivity index (χ3n) is 2.57. The summed E-state index contributed by atoms with van der Waals surface area (Å²) < 4.78 is 0. The van der Waals surface area contributed by atoms with Gasteiger partial charge in [0, 0.05) is 20.5 Å². The largest absolute Gasteiger partial charge is 0.346 e. The minimum Gasteiger partial charge on any atom is -0.346 e. The number of amides is 1. The fourth-order valence-electron chi connectivity index (χ4n) is 1.49. The molecule has 1 heterocycles. The Balaban J connectivity index is 2.11. The zero-order chi connectivity index (χ0) is 8.97. The van der Waals surface area contributed by atoms with E-state index in [2.05, 4.69) is 5.32 Å². The number of nitrogens with zero attached hydrogens (tertiary/aromatic N) is 1. The minimum atomic E-state index is 0.168. The van der Waals surface area contributed by atoms with E-state index in [1.807, 2.05) is 7.05 Å². The van der Waals surface area contributed by atoms with Crippen LogP contribution in [0.3, 0.4) is 0 Å². The molecule has 1 fully saturated rings. The van der Waals surface area contributed by atoms with Crippen molar-refractivity contribution in [3.05, 3.63) is 0 Å². The molecular weight excluding hydrogens is 152 g/mol. The van der Waals surface area contributed by atoms with E-state index < -0.39 is 0 Å². The van der Waals surface area contributed by atoms with Crippen molar-refractivity contribution in [1.82, 2.24) is 10.2 Å². The maximum Gasteiger partial charge on any atom is 0.219 e. The molecule has 0 saturated carbocycles. The van der Waals surface area contributed by atoms with Crippen molar-refractivity contribution in [3.63, 3.8) is 0 Å². The normalized spacial score (nSPS) is 22.7. The highest BCUT2D eigenvalue weighted by Gasteiger charge is 2.14. The van der Waals surface area contributed by atoms with Gasteiger partial charge in [-0.1, -0.05) is 0 Å². The number of nitrogens with one attached hydrogen (secondary N) is 1. The van der Waals surface area contributed by atoms with Crippen LogP contribution in [-0.4, -0.2) is 37.5 Å². The van der Waals surface area contributed by atoms with E-state index in [1.165, 1.54) is 6.42 Å². The second-order valence-electron chi connectivity index (χ2n) is 3.59. The van der Waals surface area contributed by atoms with Crippen LogP contribution in [0.4, 0.5) is 0 Å². The van der Waals surface area contributed by atoms with E-state index in [0.29, 0.717) is 0 Å². The van der Waals surface area contributed by atoms with Crippen molar-refractivity contribution in [2.45, 2.75) is 19.8 Å². The smallest absolute Gasteiger partial charge is 0.219 e. The molecule has 12 heavy (non-hydrogen) atoms. The monoisotopic (exact) mass is 170 g/mol. The summed E-state index contributed by atoms with van der Waals surface area (Å²) in [7, 11) is 1.87. The Morgan fingerprint density at radius 1 is 1.67 bits per heavy atom. The maximum atomic E-state index is 10.9. The summed E-state index contributed by atoms with van der Waals surface area (Å²) in [5.41, 5.74) is 0. The molecule has 0 aromatic rings. The molecular formula is C9H18N2O. The quantitative estimate of drug-likeness (QED) is 0.667. The Morgan fingerprint density at radius 3 is 2.92 bits per heavy atom. The molecule has 0 aromatic heterocycles. The molecule has 1 rings (SSSR count). The lowest BCUT2D eigenvalue weighted by Gasteiger charge is -2.16. The molecule has 1 amide bonds. The summed E-state index contributed by atoms with van der Waals surface area (Å²) in [5, 5.41) is 3.32. The molecule has 3 heteroatoms. The summed E-state index contributed by atoms with van der Waals surface area (Å²) in [6.07, 6.45) is 2.41. The highest BCUT2D eigenvalue weighted by molar-refractivity contribution is 5.72. The van der Waals surface area contributed by atoms with Crippen LogP contribution in [0.5, 0.6) is 0 Å². The van der Waals surface area contributed by atoms with Gasteiger partial charge in [-0.3, -0.25) is 4.79 Å². The van der Waals surface area contributed by atoms with Crippen molar-refractivity contribution in [2.24, 2.45) is 5.92 Å². The highest BCUT2D eigenvalue weighted by atomic mass is 16.2. The van der Waals surface area contributed by atoms with E-state index in [9.17, 15) is 4.79 Å². The number of hydrogen-bond acceptors (Lipinski definition) is 2. The summed E-state index contributed by atoms with van der Waals surface area (Å²) in [6, 6.07) is 0. The molecule has 1 N–H and O–H groups in total. The molecule has 1 unspecified atom stereocenters. The minimum absolute atomic E-state index is 0.168. The number of carbonyl (C=O) groups excluding carboxylic acids is 1. The topological polar surface area (TPSA) is 32.3 Å². The molecule has 3 nitrogen and oxygen atoms in total. The summed E-state index contributed by atoms with van der Waals surface area (Å²) in [5.74, 6) is 0.952. The van der Waals surface area contributed by atoms with E-state index in [4.69, 9.17) is 0 Å². The van der Waals surface area contributed by atoms with Crippen molar-refractivity contribution in [2.75, 3.05) is 26.7 Å². The first kappa shape index (κ1) is 9.52. The maximum absolute atomic E-state index is 10.9. The number of carbonyl (C=O) groups is 1. The summed E-state index contributed by atoms with van der Waals surface area (Å²) in [6.45, 7) is 4.80. The van der Waals surface area contributed by atoms with Crippen molar-refractivity contribution in [1.29, 1.82) is 0 Å². The molecule has 0 radical (unpaired) electrons. The summed E-state index contributed by atoms with van der Waals surface area (Å²) in [4.78, 5) is 12.6. The lowest BCUT2D eigenvalue weighted by Crippen LogP contribution is -2.26. The van der Waals surface area contributed by atoms with Gasteiger partial charge in [-0.05, 0) is 31.8 Å². The highest BCUT2D eigenvalue weighted by Crippen LogP contribution is 2.12. The Labute approximate surface area is 74.1 Å². The first-order valence-corrected chi connectivity index (χ1v) is 4.62. The second-order valence-corrected chi connectivity index (χ2v) is 3.59. The molecule has 0 aromatic carbocycles. The molecule has 1 saturated heterocycles. The third-order valence-corrected chi connectivity index (χ3v) is 2.57. The van der Waals surface area contributed by atoms with Crippen LogP contribution >= 0.6 is 0 Å². The average molecular weight is 170 g/mol. The fraction of sp³-hybridized carbons (Fsp3) is 0.889.